The number of carbonyl (C=O) groups is 2. The van der Waals surface area contributed by atoms with Crippen molar-refractivity contribution in [2.24, 2.45) is 0 Å². The predicted molar refractivity (Wildman–Crippen MR) is 88.1 cm³/mol. The van der Waals surface area contributed by atoms with Gasteiger partial charge in [0.2, 0.25) is 0 Å². The Labute approximate surface area is 133 Å². The fraction of sp³-hybridized carbons (Fsp3) is 0.556. The minimum Gasteiger partial charge on any atom is -0.342 e. The second-order valence-electron chi connectivity index (χ2n) is 6.01. The number of piperidine rings is 1. The van der Waals surface area contributed by atoms with Gasteiger partial charge in [0.1, 0.15) is 0 Å². The molecule has 1 saturated heterocycles. The standard InChI is InChI=1S/C18H26N2O2/c1-3-4-11-19(2)17(21)15-9-8-10-16(14-15)18(22)20-12-6-5-7-13-20/h8-10,14H,3-7,11-13H2,1-2H3. The lowest BCUT2D eigenvalue weighted by molar-refractivity contribution is 0.0724. The molecule has 1 aliphatic heterocycles. The highest BCUT2D eigenvalue weighted by molar-refractivity contribution is 5.99. The zero-order valence-electron chi connectivity index (χ0n) is 13.7. The van der Waals surface area contributed by atoms with Crippen LogP contribution < -0.4 is 0 Å². The van der Waals surface area contributed by atoms with E-state index in [1.165, 1.54) is 6.42 Å². The van der Waals surface area contributed by atoms with Crippen LogP contribution in [0.1, 0.15) is 59.7 Å². The fourth-order valence-corrected chi connectivity index (χ4v) is 2.78. The molecule has 1 aliphatic rings. The summed E-state index contributed by atoms with van der Waals surface area (Å²) >= 11 is 0. The molecule has 0 unspecified atom stereocenters. The minimum atomic E-state index is -0.0123. The van der Waals surface area contributed by atoms with Crippen LogP contribution >= 0.6 is 0 Å². The Bertz CT molecular complexity index is 522. The van der Waals surface area contributed by atoms with Gasteiger partial charge >= 0.3 is 0 Å². The molecule has 0 saturated carbocycles. The van der Waals surface area contributed by atoms with Gasteiger partial charge < -0.3 is 9.80 Å². The van der Waals surface area contributed by atoms with E-state index in [1.54, 1.807) is 29.2 Å². The molecule has 1 heterocycles. The molecule has 1 aromatic rings. The molecule has 22 heavy (non-hydrogen) atoms. The third kappa shape index (κ3) is 4.09. The van der Waals surface area contributed by atoms with Crippen LogP contribution in [0.4, 0.5) is 0 Å². The first kappa shape index (κ1) is 16.5. The molecule has 0 bridgehead atoms. The zero-order chi connectivity index (χ0) is 15.9. The van der Waals surface area contributed by atoms with Crippen molar-refractivity contribution >= 4 is 11.8 Å². The summed E-state index contributed by atoms with van der Waals surface area (Å²) in [6.07, 6.45) is 5.40. The van der Waals surface area contributed by atoms with Crippen molar-refractivity contribution < 1.29 is 9.59 Å². The SMILES string of the molecule is CCCCN(C)C(=O)c1cccc(C(=O)N2CCCCC2)c1. The van der Waals surface area contributed by atoms with E-state index in [9.17, 15) is 9.59 Å². The first-order chi connectivity index (χ1) is 10.6. The first-order valence-corrected chi connectivity index (χ1v) is 8.28. The van der Waals surface area contributed by atoms with Crippen molar-refractivity contribution in [3.63, 3.8) is 0 Å². The van der Waals surface area contributed by atoms with Crippen molar-refractivity contribution in [3.8, 4) is 0 Å². The molecule has 2 amide bonds. The van der Waals surface area contributed by atoms with Gasteiger partial charge in [-0.05, 0) is 43.9 Å². The predicted octanol–water partition coefficient (Wildman–Crippen LogP) is 3.18. The van der Waals surface area contributed by atoms with Gasteiger partial charge in [-0.2, -0.15) is 0 Å². The summed E-state index contributed by atoms with van der Waals surface area (Å²) in [5, 5.41) is 0. The third-order valence-electron chi connectivity index (χ3n) is 4.19. The van der Waals surface area contributed by atoms with E-state index < -0.39 is 0 Å². The number of benzene rings is 1. The van der Waals surface area contributed by atoms with Crippen molar-refractivity contribution in [2.45, 2.75) is 39.0 Å². The minimum absolute atomic E-state index is 0.0123. The maximum atomic E-state index is 12.5. The van der Waals surface area contributed by atoms with E-state index in [0.717, 1.165) is 45.3 Å². The largest absolute Gasteiger partial charge is 0.342 e. The third-order valence-corrected chi connectivity index (χ3v) is 4.19. The quantitative estimate of drug-likeness (QED) is 0.838. The van der Waals surface area contributed by atoms with Gasteiger partial charge in [-0.25, -0.2) is 0 Å². The lowest BCUT2D eigenvalue weighted by atomic mass is 10.1. The van der Waals surface area contributed by atoms with Crippen LogP contribution in [0.2, 0.25) is 0 Å². The van der Waals surface area contributed by atoms with E-state index in [1.807, 2.05) is 11.9 Å². The van der Waals surface area contributed by atoms with Crippen LogP contribution in [0, 0.1) is 0 Å². The molecular weight excluding hydrogens is 276 g/mol. The molecule has 2 rings (SSSR count). The van der Waals surface area contributed by atoms with E-state index in [2.05, 4.69) is 6.92 Å². The lowest BCUT2D eigenvalue weighted by Crippen LogP contribution is -2.35. The average molecular weight is 302 g/mol. The molecule has 1 fully saturated rings. The average Bonchev–Trinajstić information content (AvgIpc) is 2.59. The fourth-order valence-electron chi connectivity index (χ4n) is 2.78. The molecule has 4 nitrogen and oxygen atoms in total. The molecule has 0 aromatic heterocycles. The molecule has 0 radical (unpaired) electrons. The second-order valence-corrected chi connectivity index (χ2v) is 6.01. The molecule has 0 aliphatic carbocycles. The lowest BCUT2D eigenvalue weighted by Gasteiger charge is -2.27. The van der Waals surface area contributed by atoms with E-state index in [4.69, 9.17) is 0 Å². The van der Waals surface area contributed by atoms with Crippen molar-refractivity contribution in [1.82, 2.24) is 9.80 Å². The van der Waals surface area contributed by atoms with E-state index in [0.29, 0.717) is 11.1 Å². The first-order valence-electron chi connectivity index (χ1n) is 8.28. The van der Waals surface area contributed by atoms with Crippen molar-refractivity contribution in [1.29, 1.82) is 0 Å². The van der Waals surface area contributed by atoms with Crippen molar-refractivity contribution in [2.75, 3.05) is 26.7 Å². The monoisotopic (exact) mass is 302 g/mol. The van der Waals surface area contributed by atoms with Crippen LogP contribution in [-0.2, 0) is 0 Å². The Kier molecular flexibility index (Phi) is 5.99. The molecular formula is C18H26N2O2. The summed E-state index contributed by atoms with van der Waals surface area (Å²) < 4.78 is 0. The number of hydrogen-bond donors (Lipinski definition) is 0. The Morgan fingerprint density at radius 2 is 1.82 bits per heavy atom. The van der Waals surface area contributed by atoms with Gasteiger partial charge in [-0.1, -0.05) is 19.4 Å². The van der Waals surface area contributed by atoms with Gasteiger partial charge in [0.05, 0.1) is 0 Å². The molecule has 120 valence electrons. The molecule has 0 N–H and O–H groups in total. The number of hydrogen-bond acceptors (Lipinski definition) is 2. The number of carbonyl (C=O) groups excluding carboxylic acids is 2. The maximum Gasteiger partial charge on any atom is 0.253 e. The number of unbranched alkanes of at least 4 members (excludes halogenated alkanes) is 1. The van der Waals surface area contributed by atoms with Crippen LogP contribution in [0.15, 0.2) is 24.3 Å². The molecule has 0 atom stereocenters. The van der Waals surface area contributed by atoms with E-state index in [-0.39, 0.29) is 11.8 Å². The van der Waals surface area contributed by atoms with Crippen LogP contribution in [-0.4, -0.2) is 48.3 Å². The smallest absolute Gasteiger partial charge is 0.253 e. The van der Waals surface area contributed by atoms with Crippen LogP contribution in [0.5, 0.6) is 0 Å². The number of nitrogens with zero attached hydrogens (tertiary/aromatic N) is 2. The van der Waals surface area contributed by atoms with Crippen LogP contribution in [0.25, 0.3) is 0 Å². The molecule has 4 heteroatoms. The summed E-state index contributed by atoms with van der Waals surface area (Å²) in [7, 11) is 1.82. The van der Waals surface area contributed by atoms with E-state index >= 15 is 0 Å². The summed E-state index contributed by atoms with van der Waals surface area (Å²) in [6.45, 7) is 4.51. The molecule has 0 spiro atoms. The normalized spacial score (nSPS) is 14.7. The Morgan fingerprint density at radius 1 is 1.14 bits per heavy atom. The summed E-state index contributed by atoms with van der Waals surface area (Å²) in [4.78, 5) is 28.5. The highest BCUT2D eigenvalue weighted by Gasteiger charge is 2.19. The Balaban J connectivity index is 2.08. The zero-order valence-corrected chi connectivity index (χ0v) is 13.7. The summed E-state index contributed by atoms with van der Waals surface area (Å²) in [5.74, 6) is 0.0345. The second kappa shape index (κ2) is 7.97. The Morgan fingerprint density at radius 3 is 2.50 bits per heavy atom. The van der Waals surface area contributed by atoms with Crippen molar-refractivity contribution in [3.05, 3.63) is 35.4 Å². The van der Waals surface area contributed by atoms with Gasteiger partial charge in [-0.3, -0.25) is 9.59 Å². The maximum absolute atomic E-state index is 12.5. The summed E-state index contributed by atoms with van der Waals surface area (Å²) in [6, 6.07) is 7.14. The van der Waals surface area contributed by atoms with Gasteiger partial charge in [0, 0.05) is 37.8 Å². The van der Waals surface area contributed by atoms with Gasteiger partial charge in [0.15, 0.2) is 0 Å². The number of rotatable bonds is 5. The molecule has 1 aromatic carbocycles. The number of amides is 2. The Hall–Kier alpha value is -1.84. The number of likely N-dealkylation sites (tertiary alicyclic amines) is 1. The highest BCUT2D eigenvalue weighted by Crippen LogP contribution is 2.15. The van der Waals surface area contributed by atoms with Crippen LogP contribution in [0.3, 0.4) is 0 Å². The topological polar surface area (TPSA) is 40.6 Å². The highest BCUT2D eigenvalue weighted by atomic mass is 16.2. The van der Waals surface area contributed by atoms with Gasteiger partial charge in [-0.15, -0.1) is 0 Å². The van der Waals surface area contributed by atoms with Gasteiger partial charge in [0.25, 0.3) is 11.8 Å². The summed E-state index contributed by atoms with van der Waals surface area (Å²) in [5.41, 5.74) is 1.22.